The van der Waals surface area contributed by atoms with Crippen molar-refractivity contribution < 1.29 is 10.2 Å². The van der Waals surface area contributed by atoms with E-state index in [0.717, 1.165) is 37.1 Å². The zero-order valence-electron chi connectivity index (χ0n) is 11.3. The van der Waals surface area contributed by atoms with Crippen molar-refractivity contribution in [1.82, 2.24) is 4.90 Å². The molecule has 0 saturated carbocycles. The highest BCUT2D eigenvalue weighted by atomic mass is 16.3. The van der Waals surface area contributed by atoms with Gasteiger partial charge in [-0.15, -0.1) is 0 Å². The molecule has 1 heterocycles. The molecule has 19 heavy (non-hydrogen) atoms. The third kappa shape index (κ3) is 4.01. The molecule has 1 saturated heterocycles. The van der Waals surface area contributed by atoms with E-state index in [9.17, 15) is 5.11 Å². The molecule has 0 radical (unpaired) electrons. The van der Waals surface area contributed by atoms with Crippen LogP contribution in [-0.2, 0) is 6.54 Å². The van der Waals surface area contributed by atoms with E-state index in [0.29, 0.717) is 19.0 Å². The largest absolute Gasteiger partial charge is 0.396 e. The first kappa shape index (κ1) is 14.5. The molecule has 0 bridgehead atoms. The third-order valence-corrected chi connectivity index (χ3v) is 3.94. The Labute approximate surface area is 114 Å². The fourth-order valence-corrected chi connectivity index (χ4v) is 2.72. The van der Waals surface area contributed by atoms with Crippen LogP contribution in [0.3, 0.4) is 0 Å². The lowest BCUT2D eigenvalue weighted by Gasteiger charge is -2.20. The van der Waals surface area contributed by atoms with Crippen molar-refractivity contribution in [3.63, 3.8) is 0 Å². The molecule has 2 unspecified atom stereocenters. The van der Waals surface area contributed by atoms with Crippen LogP contribution in [0.15, 0.2) is 24.3 Å². The normalized spacial score (nSPS) is 21.7. The molecule has 1 fully saturated rings. The van der Waals surface area contributed by atoms with Crippen molar-refractivity contribution >= 4 is 0 Å². The molecule has 1 aromatic carbocycles. The Morgan fingerprint density at radius 1 is 1.32 bits per heavy atom. The Bertz CT molecular complexity index is 380. The maximum atomic E-state index is 10.2. The third-order valence-electron chi connectivity index (χ3n) is 3.94. The summed E-state index contributed by atoms with van der Waals surface area (Å²) in [6, 6.07) is 7.84. The van der Waals surface area contributed by atoms with Crippen LogP contribution in [0, 0.1) is 5.92 Å². The van der Waals surface area contributed by atoms with Gasteiger partial charge in [0.25, 0.3) is 0 Å². The minimum atomic E-state index is -0.445. The zero-order valence-corrected chi connectivity index (χ0v) is 11.3. The number of nitrogens with two attached hydrogens (primary N) is 1. The van der Waals surface area contributed by atoms with Crippen LogP contribution in [0.2, 0.25) is 0 Å². The van der Waals surface area contributed by atoms with Crippen molar-refractivity contribution in [1.29, 1.82) is 0 Å². The van der Waals surface area contributed by atoms with Gasteiger partial charge in [-0.3, -0.25) is 0 Å². The Morgan fingerprint density at radius 3 is 2.68 bits per heavy atom. The molecule has 2 atom stereocenters. The predicted molar refractivity (Wildman–Crippen MR) is 75.5 cm³/mol. The van der Waals surface area contributed by atoms with E-state index in [1.807, 2.05) is 24.3 Å². The van der Waals surface area contributed by atoms with Crippen LogP contribution in [0.1, 0.15) is 30.1 Å². The lowest BCUT2D eigenvalue weighted by atomic mass is 10.1. The standard InChI is InChI=1S/C15H24N2O2/c16-9-12-1-3-14(4-2-12)15(19)11-17-7-5-13(10-17)6-8-18/h1-4,13,15,18-19H,5-11,16H2. The zero-order chi connectivity index (χ0) is 13.7. The van der Waals surface area contributed by atoms with Crippen molar-refractivity contribution in [2.45, 2.75) is 25.5 Å². The average molecular weight is 264 g/mol. The first-order valence-electron chi connectivity index (χ1n) is 7.03. The quantitative estimate of drug-likeness (QED) is 0.713. The molecule has 0 spiro atoms. The summed E-state index contributed by atoms with van der Waals surface area (Å²) in [5, 5.41) is 19.2. The maximum Gasteiger partial charge on any atom is 0.0916 e. The van der Waals surface area contributed by atoms with E-state index in [1.54, 1.807) is 0 Å². The number of benzene rings is 1. The number of rotatable bonds is 6. The topological polar surface area (TPSA) is 69.7 Å². The summed E-state index contributed by atoms with van der Waals surface area (Å²) in [6.07, 6.45) is 1.55. The molecule has 0 aromatic heterocycles. The molecular formula is C15H24N2O2. The van der Waals surface area contributed by atoms with Gasteiger partial charge in [-0.05, 0) is 36.4 Å². The highest BCUT2D eigenvalue weighted by molar-refractivity contribution is 5.24. The van der Waals surface area contributed by atoms with Crippen molar-refractivity contribution in [2.24, 2.45) is 11.7 Å². The molecule has 1 aliphatic rings. The van der Waals surface area contributed by atoms with Crippen LogP contribution >= 0.6 is 0 Å². The molecule has 4 nitrogen and oxygen atoms in total. The van der Waals surface area contributed by atoms with E-state index >= 15 is 0 Å². The van der Waals surface area contributed by atoms with Gasteiger partial charge in [0, 0.05) is 26.2 Å². The first-order valence-corrected chi connectivity index (χ1v) is 7.03. The van der Waals surface area contributed by atoms with Gasteiger partial charge >= 0.3 is 0 Å². The molecule has 106 valence electrons. The van der Waals surface area contributed by atoms with Crippen molar-refractivity contribution in [3.05, 3.63) is 35.4 Å². The van der Waals surface area contributed by atoms with Gasteiger partial charge in [0.1, 0.15) is 0 Å². The van der Waals surface area contributed by atoms with Crippen LogP contribution in [0.25, 0.3) is 0 Å². The van der Waals surface area contributed by atoms with Crippen molar-refractivity contribution in [2.75, 3.05) is 26.2 Å². The van der Waals surface area contributed by atoms with E-state index < -0.39 is 6.10 Å². The van der Waals surface area contributed by atoms with Crippen LogP contribution in [0.5, 0.6) is 0 Å². The number of nitrogens with zero attached hydrogens (tertiary/aromatic N) is 1. The summed E-state index contributed by atoms with van der Waals surface area (Å²) in [5.74, 6) is 0.580. The Morgan fingerprint density at radius 2 is 2.05 bits per heavy atom. The summed E-state index contributed by atoms with van der Waals surface area (Å²) in [5.41, 5.74) is 7.59. The summed E-state index contributed by atoms with van der Waals surface area (Å²) < 4.78 is 0. The number of β-amino-alcohol motifs (C(OH)–C–C–N with tert-alkyl or cyclic N) is 1. The molecule has 4 N–H and O–H groups in total. The summed E-state index contributed by atoms with van der Waals surface area (Å²) >= 11 is 0. The SMILES string of the molecule is NCc1ccc(C(O)CN2CCC(CCO)C2)cc1. The second kappa shape index (κ2) is 7.01. The highest BCUT2D eigenvalue weighted by Crippen LogP contribution is 2.22. The fraction of sp³-hybridized carbons (Fsp3) is 0.600. The summed E-state index contributed by atoms with van der Waals surface area (Å²) in [4.78, 5) is 2.28. The lowest BCUT2D eigenvalue weighted by Crippen LogP contribution is -2.26. The van der Waals surface area contributed by atoms with Gasteiger partial charge in [0.2, 0.25) is 0 Å². The Hall–Kier alpha value is -0.940. The first-order chi connectivity index (χ1) is 9.22. The summed E-state index contributed by atoms with van der Waals surface area (Å²) in [6.45, 7) is 3.47. The lowest BCUT2D eigenvalue weighted by molar-refractivity contribution is 0.123. The van der Waals surface area contributed by atoms with Crippen molar-refractivity contribution in [3.8, 4) is 0 Å². The van der Waals surface area contributed by atoms with Gasteiger partial charge < -0.3 is 20.8 Å². The van der Waals surface area contributed by atoms with E-state index in [2.05, 4.69) is 4.90 Å². The molecule has 2 rings (SSSR count). The van der Waals surface area contributed by atoms with E-state index in [1.165, 1.54) is 0 Å². The number of hydrogen-bond acceptors (Lipinski definition) is 4. The van der Waals surface area contributed by atoms with Gasteiger partial charge in [-0.25, -0.2) is 0 Å². The Kier molecular flexibility index (Phi) is 5.34. The second-order valence-electron chi connectivity index (χ2n) is 5.39. The fourth-order valence-electron chi connectivity index (χ4n) is 2.72. The van der Waals surface area contributed by atoms with E-state index in [4.69, 9.17) is 10.8 Å². The van der Waals surface area contributed by atoms with Crippen LogP contribution < -0.4 is 5.73 Å². The van der Waals surface area contributed by atoms with Gasteiger partial charge in [-0.1, -0.05) is 24.3 Å². The summed E-state index contributed by atoms with van der Waals surface area (Å²) in [7, 11) is 0. The smallest absolute Gasteiger partial charge is 0.0916 e. The minimum absolute atomic E-state index is 0.265. The minimum Gasteiger partial charge on any atom is -0.396 e. The van der Waals surface area contributed by atoms with Gasteiger partial charge in [-0.2, -0.15) is 0 Å². The van der Waals surface area contributed by atoms with E-state index in [-0.39, 0.29) is 6.61 Å². The molecule has 4 heteroatoms. The second-order valence-corrected chi connectivity index (χ2v) is 5.39. The van der Waals surface area contributed by atoms with Gasteiger partial charge in [0.05, 0.1) is 6.10 Å². The van der Waals surface area contributed by atoms with Gasteiger partial charge in [0.15, 0.2) is 0 Å². The number of aliphatic hydroxyl groups is 2. The highest BCUT2D eigenvalue weighted by Gasteiger charge is 2.23. The molecule has 0 aliphatic carbocycles. The van der Waals surface area contributed by atoms with Crippen LogP contribution in [-0.4, -0.2) is 41.4 Å². The molecule has 1 aromatic rings. The number of hydrogen-bond donors (Lipinski definition) is 3. The number of likely N-dealkylation sites (tertiary alicyclic amines) is 1. The predicted octanol–water partition coefficient (Wildman–Crippen LogP) is 0.883. The monoisotopic (exact) mass is 264 g/mol. The van der Waals surface area contributed by atoms with Crippen LogP contribution in [0.4, 0.5) is 0 Å². The molecule has 1 aliphatic heterocycles. The average Bonchev–Trinajstić information content (AvgIpc) is 2.86. The molecule has 0 amide bonds. The Balaban J connectivity index is 1.85. The number of aliphatic hydroxyl groups excluding tert-OH is 2. The molecular weight excluding hydrogens is 240 g/mol. The maximum absolute atomic E-state index is 10.2.